The minimum atomic E-state index is -0.705. The molecule has 11 nitrogen and oxygen atoms in total. The van der Waals surface area contributed by atoms with Crippen LogP contribution in [-0.2, 0) is 0 Å². The van der Waals surface area contributed by atoms with Crippen molar-refractivity contribution in [2.75, 3.05) is 29.9 Å². The summed E-state index contributed by atoms with van der Waals surface area (Å²) in [5.41, 5.74) is 15.0. The normalized spacial score (nSPS) is 13.4. The SMILES string of the molecule is CCNN.N=Cc1nc(N2CCCCCC2)nc(Nc2ccc(C(=N)N)cc2)c1C(N)=O. The van der Waals surface area contributed by atoms with Crippen LogP contribution in [0.4, 0.5) is 17.5 Å². The van der Waals surface area contributed by atoms with Gasteiger partial charge >= 0.3 is 0 Å². The Kier molecular flexibility index (Phi) is 9.51. The summed E-state index contributed by atoms with van der Waals surface area (Å²) in [6.45, 7) is 4.46. The van der Waals surface area contributed by atoms with Crippen LogP contribution in [0.5, 0.6) is 0 Å². The van der Waals surface area contributed by atoms with Crippen LogP contribution in [0.25, 0.3) is 0 Å². The number of hydrazine groups is 1. The quantitative estimate of drug-likeness (QED) is 0.145. The smallest absolute Gasteiger partial charge is 0.254 e. The monoisotopic (exact) mass is 440 g/mol. The number of nitrogens with zero attached hydrogens (tertiary/aromatic N) is 3. The second-order valence-electron chi connectivity index (χ2n) is 7.22. The molecular weight excluding hydrogens is 408 g/mol. The lowest BCUT2D eigenvalue weighted by atomic mass is 10.1. The van der Waals surface area contributed by atoms with Crippen molar-refractivity contribution in [3.05, 3.63) is 41.1 Å². The highest BCUT2D eigenvalue weighted by Gasteiger charge is 2.21. The van der Waals surface area contributed by atoms with Gasteiger partial charge in [0, 0.05) is 37.1 Å². The van der Waals surface area contributed by atoms with Crippen molar-refractivity contribution < 1.29 is 4.79 Å². The van der Waals surface area contributed by atoms with Gasteiger partial charge in [0.15, 0.2) is 0 Å². The number of hydrogen-bond acceptors (Lipinski definition) is 9. The molecule has 0 radical (unpaired) electrons. The number of nitrogens with one attached hydrogen (secondary N) is 4. The largest absolute Gasteiger partial charge is 0.384 e. The zero-order valence-corrected chi connectivity index (χ0v) is 18.3. The average molecular weight is 441 g/mol. The molecule has 0 bridgehead atoms. The van der Waals surface area contributed by atoms with E-state index in [-0.39, 0.29) is 22.9 Å². The molecule has 1 aromatic carbocycles. The van der Waals surface area contributed by atoms with Crippen LogP contribution in [0.15, 0.2) is 24.3 Å². The van der Waals surface area contributed by atoms with Gasteiger partial charge < -0.3 is 27.1 Å². The zero-order valence-electron chi connectivity index (χ0n) is 18.3. The molecule has 32 heavy (non-hydrogen) atoms. The minimum Gasteiger partial charge on any atom is -0.384 e. The Balaban J connectivity index is 0.000000837. The second-order valence-corrected chi connectivity index (χ2v) is 7.22. The molecule has 0 unspecified atom stereocenters. The Bertz CT molecular complexity index is 919. The van der Waals surface area contributed by atoms with E-state index in [2.05, 4.69) is 25.6 Å². The third-order valence-electron chi connectivity index (χ3n) is 4.86. The number of nitrogens with two attached hydrogens (primary N) is 3. The Hall–Kier alpha value is -3.57. The van der Waals surface area contributed by atoms with Crippen LogP contribution in [0.3, 0.4) is 0 Å². The van der Waals surface area contributed by atoms with Crippen molar-refractivity contribution in [2.45, 2.75) is 32.6 Å². The number of hydrogen-bond donors (Lipinski definition) is 7. The summed E-state index contributed by atoms with van der Waals surface area (Å²) >= 11 is 0. The molecule has 1 aromatic heterocycles. The molecule has 1 saturated heterocycles. The zero-order chi connectivity index (χ0) is 23.5. The number of anilines is 3. The first kappa shape index (κ1) is 24.7. The molecule has 1 fully saturated rings. The van der Waals surface area contributed by atoms with Gasteiger partial charge in [-0.1, -0.05) is 19.8 Å². The van der Waals surface area contributed by atoms with Gasteiger partial charge in [-0.15, -0.1) is 0 Å². The summed E-state index contributed by atoms with van der Waals surface area (Å²) < 4.78 is 0. The maximum atomic E-state index is 12.0. The lowest BCUT2D eigenvalue weighted by Gasteiger charge is -2.22. The van der Waals surface area contributed by atoms with Gasteiger partial charge in [0.05, 0.1) is 0 Å². The van der Waals surface area contributed by atoms with Crippen LogP contribution in [0, 0.1) is 10.8 Å². The predicted molar refractivity (Wildman–Crippen MR) is 128 cm³/mol. The molecule has 11 heteroatoms. The first-order valence-electron chi connectivity index (χ1n) is 10.5. The molecule has 0 aliphatic carbocycles. The van der Waals surface area contributed by atoms with Crippen LogP contribution in [-0.4, -0.2) is 47.6 Å². The van der Waals surface area contributed by atoms with Crippen molar-refractivity contribution >= 4 is 35.4 Å². The number of amides is 1. The molecule has 2 aromatic rings. The highest BCUT2D eigenvalue weighted by molar-refractivity contribution is 6.04. The molecule has 0 spiro atoms. The van der Waals surface area contributed by atoms with E-state index in [1.165, 1.54) is 12.8 Å². The molecule has 3 rings (SSSR count). The first-order chi connectivity index (χ1) is 15.4. The van der Waals surface area contributed by atoms with Gasteiger partial charge in [-0.25, -0.2) is 4.98 Å². The van der Waals surface area contributed by atoms with E-state index in [9.17, 15) is 4.79 Å². The lowest BCUT2D eigenvalue weighted by Crippen LogP contribution is -2.28. The topological polar surface area (TPSA) is 196 Å². The number of carbonyl (C=O) groups excluding carboxylic acids is 1. The van der Waals surface area contributed by atoms with Crippen molar-refractivity contribution in [1.82, 2.24) is 15.4 Å². The third kappa shape index (κ3) is 6.72. The molecule has 2 heterocycles. The summed E-state index contributed by atoms with van der Waals surface area (Å²) in [7, 11) is 0. The Morgan fingerprint density at radius 1 is 1.12 bits per heavy atom. The highest BCUT2D eigenvalue weighted by Crippen LogP contribution is 2.25. The summed E-state index contributed by atoms with van der Waals surface area (Å²) in [4.78, 5) is 23.1. The number of primary amides is 1. The standard InChI is InChI=1S/C19H24N8O.C2H8N2/c20-11-14-15(17(23)28)18(24-13-7-5-12(6-8-13)16(21)22)26-19(25-14)27-9-3-1-2-4-10-27;1-2-4-3/h5-8,11,20H,1-4,9-10H2,(H3,21,22)(H2,23,28)(H,24,25,26);4H,2-3H2,1H3. The van der Waals surface area contributed by atoms with E-state index in [1.807, 2.05) is 6.92 Å². The fourth-order valence-corrected chi connectivity index (χ4v) is 3.19. The Morgan fingerprint density at radius 2 is 1.72 bits per heavy atom. The number of nitrogen functional groups attached to an aromatic ring is 1. The number of benzene rings is 1. The maximum Gasteiger partial charge on any atom is 0.254 e. The van der Waals surface area contributed by atoms with E-state index in [0.29, 0.717) is 17.2 Å². The summed E-state index contributed by atoms with van der Waals surface area (Å²) in [6, 6.07) is 6.87. The number of carbonyl (C=O) groups is 1. The third-order valence-corrected chi connectivity index (χ3v) is 4.86. The average Bonchev–Trinajstić information content (AvgIpc) is 3.08. The first-order valence-corrected chi connectivity index (χ1v) is 10.5. The van der Waals surface area contributed by atoms with E-state index in [1.54, 1.807) is 24.3 Å². The van der Waals surface area contributed by atoms with Crippen LogP contribution < -0.4 is 33.0 Å². The van der Waals surface area contributed by atoms with Crippen molar-refractivity contribution in [1.29, 1.82) is 10.8 Å². The highest BCUT2D eigenvalue weighted by atomic mass is 16.1. The van der Waals surface area contributed by atoms with Crippen molar-refractivity contribution in [3.63, 3.8) is 0 Å². The summed E-state index contributed by atoms with van der Waals surface area (Å²) in [6.07, 6.45) is 5.46. The molecule has 1 aliphatic rings. The van der Waals surface area contributed by atoms with Crippen LogP contribution >= 0.6 is 0 Å². The van der Waals surface area contributed by atoms with E-state index in [0.717, 1.165) is 38.7 Å². The molecule has 0 saturated carbocycles. The molecule has 10 N–H and O–H groups in total. The lowest BCUT2D eigenvalue weighted by molar-refractivity contribution is 0.100. The maximum absolute atomic E-state index is 12.0. The van der Waals surface area contributed by atoms with Crippen molar-refractivity contribution in [2.24, 2.45) is 17.3 Å². The second kappa shape index (κ2) is 12.3. The Labute approximate surface area is 187 Å². The fourth-order valence-electron chi connectivity index (χ4n) is 3.19. The van der Waals surface area contributed by atoms with Crippen molar-refractivity contribution in [3.8, 4) is 0 Å². The number of amidine groups is 1. The molecule has 0 atom stereocenters. The van der Waals surface area contributed by atoms with Gasteiger partial charge in [-0.2, -0.15) is 4.98 Å². The van der Waals surface area contributed by atoms with E-state index >= 15 is 0 Å². The predicted octanol–water partition coefficient (Wildman–Crippen LogP) is 1.45. The molecule has 1 aliphatic heterocycles. The minimum absolute atomic E-state index is 0.0269. The van der Waals surface area contributed by atoms with Gasteiger partial charge in [0.25, 0.3) is 5.91 Å². The Morgan fingerprint density at radius 3 is 2.19 bits per heavy atom. The van der Waals surface area contributed by atoms with Crippen LogP contribution in [0.1, 0.15) is 54.2 Å². The van der Waals surface area contributed by atoms with Gasteiger partial charge in [-0.05, 0) is 37.1 Å². The molecular formula is C21H32N10O. The van der Waals surface area contributed by atoms with Crippen LogP contribution in [0.2, 0.25) is 0 Å². The van der Waals surface area contributed by atoms with E-state index < -0.39 is 5.91 Å². The fraction of sp³-hybridized carbons (Fsp3) is 0.381. The molecule has 1 amide bonds. The van der Waals surface area contributed by atoms with Gasteiger partial charge in [0.2, 0.25) is 5.95 Å². The van der Waals surface area contributed by atoms with Gasteiger partial charge in [0.1, 0.15) is 22.9 Å². The summed E-state index contributed by atoms with van der Waals surface area (Å²) in [5, 5.41) is 18.2. The van der Waals surface area contributed by atoms with E-state index in [4.69, 9.17) is 28.1 Å². The summed E-state index contributed by atoms with van der Waals surface area (Å²) in [5.74, 6) is 4.79. The van der Waals surface area contributed by atoms with Gasteiger partial charge in [-0.3, -0.25) is 21.5 Å². The molecule has 172 valence electrons. The number of rotatable bonds is 7. The number of aromatic nitrogens is 2.